The molecule has 11 heteroatoms. The molecule has 0 radical (unpaired) electrons. The Labute approximate surface area is 121 Å². The second kappa shape index (κ2) is 5.16. The monoisotopic (exact) mass is 316 g/mol. The van der Waals surface area contributed by atoms with Crippen molar-refractivity contribution in [3.05, 3.63) is 29.3 Å². The van der Waals surface area contributed by atoms with Gasteiger partial charge in [0, 0.05) is 20.2 Å². The van der Waals surface area contributed by atoms with E-state index in [0.29, 0.717) is 6.07 Å². The number of carbonyl (C=O) groups excluding carboxylic acids is 2. The molecule has 0 aliphatic carbocycles. The number of carbonyl (C=O) groups is 2. The van der Waals surface area contributed by atoms with Crippen LogP contribution in [0.1, 0.15) is 26.7 Å². The third-order valence-electron chi connectivity index (χ3n) is 2.82. The minimum Gasteiger partial charge on any atom is -0.364 e. The molecule has 2 heterocycles. The molecule has 0 bridgehead atoms. The van der Waals surface area contributed by atoms with E-state index in [0.717, 1.165) is 9.36 Å². The van der Waals surface area contributed by atoms with Gasteiger partial charge in [0.05, 0.1) is 11.9 Å². The van der Waals surface area contributed by atoms with E-state index in [9.17, 15) is 22.8 Å². The van der Waals surface area contributed by atoms with E-state index in [2.05, 4.69) is 15.5 Å². The van der Waals surface area contributed by atoms with Crippen LogP contribution in [0.4, 0.5) is 18.9 Å². The lowest BCUT2D eigenvalue weighted by atomic mass is 10.3. The summed E-state index contributed by atoms with van der Waals surface area (Å²) in [5.74, 6) is -1.71. The number of aryl methyl sites for hydroxylation is 2. The number of nitrogens with one attached hydrogen (secondary N) is 1. The van der Waals surface area contributed by atoms with E-state index in [-0.39, 0.29) is 17.1 Å². The minimum absolute atomic E-state index is 0.00485. The van der Waals surface area contributed by atoms with Crippen molar-refractivity contribution in [2.75, 3.05) is 5.32 Å². The number of amides is 2. The molecule has 8 nitrogen and oxygen atoms in total. The summed E-state index contributed by atoms with van der Waals surface area (Å²) in [6.07, 6.45) is -3.50. The zero-order chi connectivity index (χ0) is 16.7. The van der Waals surface area contributed by atoms with Gasteiger partial charge in [-0.25, -0.2) is 0 Å². The number of aromatic nitrogens is 4. The molecule has 0 aliphatic rings. The molecule has 22 heavy (non-hydrogen) atoms. The third kappa shape index (κ3) is 2.77. The summed E-state index contributed by atoms with van der Waals surface area (Å²) in [7, 11) is 2.63. The predicted molar refractivity (Wildman–Crippen MR) is 67.9 cm³/mol. The number of hydrogen-bond donors (Lipinski definition) is 2. The summed E-state index contributed by atoms with van der Waals surface area (Å²) < 4.78 is 39.6. The number of halogens is 3. The van der Waals surface area contributed by atoms with Crippen LogP contribution in [0, 0.1) is 0 Å². The van der Waals surface area contributed by atoms with E-state index in [1.165, 1.54) is 20.3 Å². The van der Waals surface area contributed by atoms with Crippen molar-refractivity contribution in [3.8, 4) is 0 Å². The maximum atomic E-state index is 12.6. The summed E-state index contributed by atoms with van der Waals surface area (Å²) in [6.45, 7) is 0. The number of nitrogens with zero attached hydrogens (tertiary/aromatic N) is 4. The van der Waals surface area contributed by atoms with Crippen LogP contribution in [0.25, 0.3) is 0 Å². The first-order valence-corrected chi connectivity index (χ1v) is 5.85. The van der Waals surface area contributed by atoms with Crippen molar-refractivity contribution >= 4 is 17.5 Å². The number of rotatable bonds is 3. The van der Waals surface area contributed by atoms with Gasteiger partial charge < -0.3 is 11.1 Å². The molecule has 0 fully saturated rings. The maximum absolute atomic E-state index is 12.6. The van der Waals surface area contributed by atoms with Crippen LogP contribution < -0.4 is 11.1 Å². The molecule has 2 amide bonds. The summed E-state index contributed by atoms with van der Waals surface area (Å²) in [6, 6.07) is 0.607. The zero-order valence-electron chi connectivity index (χ0n) is 11.5. The Morgan fingerprint density at radius 2 is 1.91 bits per heavy atom. The standard InChI is InChI=1S/C11H11F3N6O2/c1-19-6(3-7(18-19)11(12,13)14)10(22)17-5-4-16-20(2)8(5)9(15)21/h3-4H,1-2H3,(H2,15,21)(H,17,22). The Balaban J connectivity index is 2.31. The number of primary amides is 1. The molecule has 2 aromatic rings. The van der Waals surface area contributed by atoms with Gasteiger partial charge in [-0.15, -0.1) is 0 Å². The summed E-state index contributed by atoms with van der Waals surface area (Å²) in [5.41, 5.74) is 3.55. The van der Waals surface area contributed by atoms with Crippen LogP contribution in [0.15, 0.2) is 12.3 Å². The van der Waals surface area contributed by atoms with E-state index in [4.69, 9.17) is 5.73 Å². The molecule has 0 aliphatic heterocycles. The Hall–Kier alpha value is -2.85. The van der Waals surface area contributed by atoms with Crippen LogP contribution in [0.5, 0.6) is 0 Å². The SMILES string of the molecule is Cn1nc(C(F)(F)F)cc1C(=O)Nc1cnn(C)c1C(N)=O. The fourth-order valence-electron chi connectivity index (χ4n) is 1.83. The highest BCUT2D eigenvalue weighted by Gasteiger charge is 2.35. The van der Waals surface area contributed by atoms with Gasteiger partial charge in [-0.2, -0.15) is 23.4 Å². The molecule has 0 aromatic carbocycles. The quantitative estimate of drug-likeness (QED) is 0.860. The topological polar surface area (TPSA) is 108 Å². The van der Waals surface area contributed by atoms with E-state index in [1.54, 1.807) is 0 Å². The van der Waals surface area contributed by atoms with Crippen molar-refractivity contribution in [3.63, 3.8) is 0 Å². The first kappa shape index (κ1) is 15.5. The molecular formula is C11H11F3N6O2. The summed E-state index contributed by atoms with van der Waals surface area (Å²) in [5, 5.41) is 9.26. The zero-order valence-corrected chi connectivity index (χ0v) is 11.5. The molecule has 2 rings (SSSR count). The van der Waals surface area contributed by atoms with Crippen molar-refractivity contribution in [1.29, 1.82) is 0 Å². The summed E-state index contributed by atoms with van der Waals surface area (Å²) >= 11 is 0. The fourth-order valence-corrected chi connectivity index (χ4v) is 1.83. The van der Waals surface area contributed by atoms with Gasteiger partial charge in [0.1, 0.15) is 11.4 Å². The van der Waals surface area contributed by atoms with E-state index < -0.39 is 23.7 Å². The van der Waals surface area contributed by atoms with E-state index in [1.807, 2.05) is 0 Å². The molecule has 0 spiro atoms. The first-order chi connectivity index (χ1) is 10.1. The molecule has 0 atom stereocenters. The van der Waals surface area contributed by atoms with E-state index >= 15 is 0 Å². The predicted octanol–water partition coefficient (Wildman–Crippen LogP) is 0.524. The van der Waals surface area contributed by atoms with Crippen LogP contribution >= 0.6 is 0 Å². The Bertz CT molecular complexity index is 746. The van der Waals surface area contributed by atoms with Crippen molar-refractivity contribution in [2.24, 2.45) is 19.8 Å². The smallest absolute Gasteiger partial charge is 0.364 e. The van der Waals surface area contributed by atoms with Gasteiger partial charge in [-0.05, 0) is 0 Å². The summed E-state index contributed by atoms with van der Waals surface area (Å²) in [4.78, 5) is 23.3. The molecule has 0 saturated heterocycles. The van der Waals surface area contributed by atoms with Crippen LogP contribution in [0.2, 0.25) is 0 Å². The molecule has 0 saturated carbocycles. The molecule has 2 aromatic heterocycles. The minimum atomic E-state index is -4.66. The van der Waals surface area contributed by atoms with Crippen LogP contribution in [-0.2, 0) is 20.3 Å². The average Bonchev–Trinajstić information content (AvgIpc) is 2.92. The van der Waals surface area contributed by atoms with Gasteiger partial charge in [0.15, 0.2) is 5.69 Å². The first-order valence-electron chi connectivity index (χ1n) is 5.85. The second-order valence-corrected chi connectivity index (χ2v) is 4.39. The Kier molecular flexibility index (Phi) is 3.65. The molecular weight excluding hydrogens is 305 g/mol. The van der Waals surface area contributed by atoms with Gasteiger partial charge in [0.2, 0.25) is 0 Å². The lowest BCUT2D eigenvalue weighted by Gasteiger charge is -2.05. The fraction of sp³-hybridized carbons (Fsp3) is 0.273. The Morgan fingerprint density at radius 1 is 1.27 bits per heavy atom. The van der Waals surface area contributed by atoms with Gasteiger partial charge in [-0.3, -0.25) is 19.0 Å². The van der Waals surface area contributed by atoms with Crippen molar-refractivity contribution in [1.82, 2.24) is 19.6 Å². The normalized spacial score (nSPS) is 11.5. The van der Waals surface area contributed by atoms with Crippen molar-refractivity contribution in [2.45, 2.75) is 6.18 Å². The van der Waals surface area contributed by atoms with Gasteiger partial charge in [-0.1, -0.05) is 0 Å². The number of alkyl halides is 3. The maximum Gasteiger partial charge on any atom is 0.435 e. The van der Waals surface area contributed by atoms with Crippen LogP contribution in [-0.4, -0.2) is 31.4 Å². The number of anilines is 1. The molecule has 0 unspecified atom stereocenters. The Morgan fingerprint density at radius 3 is 2.41 bits per heavy atom. The highest BCUT2D eigenvalue weighted by Crippen LogP contribution is 2.28. The number of hydrogen-bond acceptors (Lipinski definition) is 4. The molecule has 118 valence electrons. The lowest BCUT2D eigenvalue weighted by molar-refractivity contribution is -0.141. The van der Waals surface area contributed by atoms with Gasteiger partial charge >= 0.3 is 6.18 Å². The highest BCUT2D eigenvalue weighted by atomic mass is 19.4. The third-order valence-corrected chi connectivity index (χ3v) is 2.82. The lowest BCUT2D eigenvalue weighted by Crippen LogP contribution is -2.21. The second-order valence-electron chi connectivity index (χ2n) is 4.39. The largest absolute Gasteiger partial charge is 0.435 e. The van der Waals surface area contributed by atoms with Crippen molar-refractivity contribution < 1.29 is 22.8 Å². The average molecular weight is 316 g/mol. The molecule has 3 N–H and O–H groups in total. The highest BCUT2D eigenvalue weighted by molar-refractivity contribution is 6.07. The van der Waals surface area contributed by atoms with Gasteiger partial charge in [0.25, 0.3) is 11.8 Å². The van der Waals surface area contributed by atoms with Crippen LogP contribution in [0.3, 0.4) is 0 Å². The number of nitrogens with two attached hydrogens (primary N) is 1.